The summed E-state index contributed by atoms with van der Waals surface area (Å²) < 4.78 is 56.5. The van der Waals surface area contributed by atoms with Gasteiger partial charge in [0.25, 0.3) is 0 Å². The molecule has 0 aromatic heterocycles. The molecule has 3 aliphatic rings. The van der Waals surface area contributed by atoms with Crippen LogP contribution >= 0.6 is 0 Å². The molecular weight excluding hydrogens is 318 g/mol. The molecule has 0 aliphatic carbocycles. The fraction of sp³-hybridized carbons (Fsp3) is 1.00. The molecule has 0 amide bonds. The van der Waals surface area contributed by atoms with E-state index in [9.17, 15) is 8.42 Å². The predicted octanol–water partition coefficient (Wildman–Crippen LogP) is -0.395. The van der Waals surface area contributed by atoms with Gasteiger partial charge >= 0.3 is 10.3 Å². The minimum absolute atomic E-state index is 0.00675. The van der Waals surface area contributed by atoms with Gasteiger partial charge in [-0.15, -0.1) is 0 Å². The third kappa shape index (κ3) is 3.02. The first kappa shape index (κ1) is 16.5. The van der Waals surface area contributed by atoms with Crippen molar-refractivity contribution in [3.8, 4) is 0 Å². The van der Waals surface area contributed by atoms with Crippen molar-refractivity contribution in [2.45, 2.75) is 63.4 Å². The Morgan fingerprint density at radius 3 is 2.32 bits per heavy atom. The van der Waals surface area contributed by atoms with Crippen molar-refractivity contribution in [1.29, 1.82) is 0 Å². The molecule has 3 heterocycles. The first-order valence-corrected chi connectivity index (χ1v) is 8.43. The van der Waals surface area contributed by atoms with Crippen molar-refractivity contribution in [2.75, 3.05) is 13.2 Å². The van der Waals surface area contributed by atoms with Crippen molar-refractivity contribution in [3.05, 3.63) is 0 Å². The minimum atomic E-state index is -4.25. The molecule has 0 saturated carbocycles. The van der Waals surface area contributed by atoms with E-state index in [0.29, 0.717) is 0 Å². The third-order valence-corrected chi connectivity index (χ3v) is 4.20. The lowest BCUT2D eigenvalue weighted by Gasteiger charge is -2.42. The summed E-state index contributed by atoms with van der Waals surface area (Å²) in [5.74, 6) is -3.25. The highest BCUT2D eigenvalue weighted by molar-refractivity contribution is 7.84. The fourth-order valence-electron chi connectivity index (χ4n) is 3.04. The highest BCUT2D eigenvalue weighted by Gasteiger charge is 2.64. The van der Waals surface area contributed by atoms with Gasteiger partial charge in [0.2, 0.25) is 5.79 Å². The zero-order valence-electron chi connectivity index (χ0n) is 12.9. The summed E-state index contributed by atoms with van der Waals surface area (Å²) in [6.07, 6.45) is -2.33. The van der Waals surface area contributed by atoms with E-state index in [4.69, 9.17) is 33.0 Å². The number of hydrogen-bond acceptors (Lipinski definition) is 8. The number of nitrogens with two attached hydrogens (primary N) is 1. The molecule has 9 nitrogen and oxygen atoms in total. The molecule has 22 heavy (non-hydrogen) atoms. The molecule has 3 saturated heterocycles. The monoisotopic (exact) mass is 339 g/mol. The highest BCUT2D eigenvalue weighted by atomic mass is 32.2. The van der Waals surface area contributed by atoms with Crippen LogP contribution in [0.2, 0.25) is 0 Å². The Hall–Kier alpha value is -0.330. The van der Waals surface area contributed by atoms with Gasteiger partial charge in [-0.25, -0.2) is 9.32 Å². The molecule has 0 aromatic rings. The van der Waals surface area contributed by atoms with Crippen LogP contribution in [-0.4, -0.2) is 57.3 Å². The number of rotatable bonds is 2. The minimum Gasteiger partial charge on any atom is -0.345 e. The highest BCUT2D eigenvalue weighted by Crippen LogP contribution is 2.45. The Kier molecular flexibility index (Phi) is 3.63. The molecule has 1 spiro atoms. The smallest absolute Gasteiger partial charge is 0.333 e. The van der Waals surface area contributed by atoms with Crippen LogP contribution in [0.1, 0.15) is 27.7 Å². The van der Waals surface area contributed by atoms with Gasteiger partial charge < -0.3 is 23.7 Å². The first-order chi connectivity index (χ1) is 9.92. The van der Waals surface area contributed by atoms with E-state index in [1.807, 2.05) is 0 Å². The molecule has 0 radical (unpaired) electrons. The zero-order valence-corrected chi connectivity index (χ0v) is 13.7. The second kappa shape index (κ2) is 4.84. The van der Waals surface area contributed by atoms with Crippen molar-refractivity contribution >= 4 is 10.3 Å². The van der Waals surface area contributed by atoms with E-state index < -0.39 is 46.0 Å². The second-order valence-electron chi connectivity index (χ2n) is 6.56. The molecule has 3 aliphatic heterocycles. The molecular formula is C12H21NO8S. The van der Waals surface area contributed by atoms with Crippen molar-refractivity contribution in [3.63, 3.8) is 0 Å². The van der Waals surface area contributed by atoms with Crippen molar-refractivity contribution < 1.29 is 36.3 Å². The standard InChI is InChI=1S/C12H21NO8S/c1-10(2)17-6-12(21-10)9(20-22(13,14)15)8-7(5-16-12)18-11(3,4)19-8/h7-9H,5-6H2,1-4H3,(H2,13,14,15)/t7-,8-,9+,12-/m1/s1. The zero-order chi connectivity index (χ0) is 16.4. The summed E-state index contributed by atoms with van der Waals surface area (Å²) in [6.45, 7) is 7.00. The topological polar surface area (TPSA) is 116 Å². The maximum atomic E-state index is 11.5. The molecule has 4 atom stereocenters. The van der Waals surface area contributed by atoms with Crippen LogP contribution in [0.15, 0.2) is 0 Å². The van der Waals surface area contributed by atoms with Crippen LogP contribution in [0.4, 0.5) is 0 Å². The normalized spacial score (nSPS) is 43.4. The van der Waals surface area contributed by atoms with Gasteiger partial charge in [0.05, 0.1) is 6.61 Å². The first-order valence-electron chi connectivity index (χ1n) is 6.96. The molecule has 128 valence electrons. The van der Waals surface area contributed by atoms with E-state index in [0.717, 1.165) is 0 Å². The molecule has 10 heteroatoms. The Labute approximate surface area is 129 Å². The maximum Gasteiger partial charge on any atom is 0.333 e. The maximum absolute atomic E-state index is 11.5. The lowest BCUT2D eigenvalue weighted by atomic mass is 9.97. The van der Waals surface area contributed by atoms with Crippen LogP contribution < -0.4 is 5.14 Å². The van der Waals surface area contributed by atoms with Crippen LogP contribution in [0.5, 0.6) is 0 Å². The van der Waals surface area contributed by atoms with Gasteiger partial charge in [-0.05, 0) is 27.7 Å². The molecule has 0 aromatic carbocycles. The van der Waals surface area contributed by atoms with Gasteiger partial charge in [0.1, 0.15) is 18.8 Å². The largest absolute Gasteiger partial charge is 0.345 e. The summed E-state index contributed by atoms with van der Waals surface area (Å²) in [6, 6.07) is 0. The van der Waals surface area contributed by atoms with E-state index in [1.165, 1.54) is 0 Å². The van der Waals surface area contributed by atoms with Crippen LogP contribution in [-0.2, 0) is 38.2 Å². The molecule has 3 rings (SSSR count). The van der Waals surface area contributed by atoms with Crippen LogP contribution in [0.3, 0.4) is 0 Å². The van der Waals surface area contributed by atoms with Crippen LogP contribution in [0.25, 0.3) is 0 Å². The lowest BCUT2D eigenvalue weighted by Crippen LogP contribution is -2.63. The summed E-state index contributed by atoms with van der Waals surface area (Å²) >= 11 is 0. The lowest BCUT2D eigenvalue weighted by molar-refractivity contribution is -0.320. The quantitative estimate of drug-likeness (QED) is 0.723. The average Bonchev–Trinajstić information content (AvgIpc) is 2.79. The molecule has 2 N–H and O–H groups in total. The summed E-state index contributed by atoms with van der Waals surface area (Å²) in [7, 11) is -4.25. The van der Waals surface area contributed by atoms with Gasteiger partial charge in [-0.2, -0.15) is 8.42 Å². The van der Waals surface area contributed by atoms with E-state index in [1.54, 1.807) is 27.7 Å². The third-order valence-electron chi connectivity index (χ3n) is 3.72. The van der Waals surface area contributed by atoms with Crippen molar-refractivity contribution in [1.82, 2.24) is 0 Å². The molecule has 0 unspecified atom stereocenters. The Balaban J connectivity index is 1.94. The van der Waals surface area contributed by atoms with E-state index in [-0.39, 0.29) is 13.2 Å². The van der Waals surface area contributed by atoms with Crippen LogP contribution in [0, 0.1) is 0 Å². The molecule has 0 bridgehead atoms. The summed E-state index contributed by atoms with van der Waals surface area (Å²) in [5.41, 5.74) is 0. The summed E-state index contributed by atoms with van der Waals surface area (Å²) in [4.78, 5) is 0. The van der Waals surface area contributed by atoms with Crippen molar-refractivity contribution in [2.24, 2.45) is 5.14 Å². The SMILES string of the molecule is CC1(C)O[C@@H]2[C@@H](CO[C@@]3(COC(C)(C)O3)[C@H]2OS(N)(=O)=O)O1. The number of ether oxygens (including phenoxy) is 5. The van der Waals surface area contributed by atoms with E-state index >= 15 is 0 Å². The van der Waals surface area contributed by atoms with Gasteiger partial charge in [0, 0.05) is 0 Å². The van der Waals surface area contributed by atoms with Gasteiger partial charge in [-0.1, -0.05) is 0 Å². The van der Waals surface area contributed by atoms with Gasteiger partial charge in [0.15, 0.2) is 17.7 Å². The summed E-state index contributed by atoms with van der Waals surface area (Å²) in [5, 5.41) is 5.04. The Bertz CT molecular complexity index is 559. The molecule has 3 fully saturated rings. The second-order valence-corrected chi connectivity index (χ2v) is 7.74. The fourth-order valence-corrected chi connectivity index (χ4v) is 3.58. The average molecular weight is 339 g/mol. The Morgan fingerprint density at radius 2 is 1.77 bits per heavy atom. The Morgan fingerprint density at radius 1 is 1.09 bits per heavy atom. The van der Waals surface area contributed by atoms with E-state index in [2.05, 4.69) is 0 Å². The number of fused-ring (bicyclic) bond motifs is 1. The predicted molar refractivity (Wildman–Crippen MR) is 71.6 cm³/mol. The number of hydrogen-bond donors (Lipinski definition) is 1. The van der Waals surface area contributed by atoms with Gasteiger partial charge in [-0.3, -0.25) is 0 Å².